The number of carbonyl (C=O) groups excluding carboxylic acids is 3. The Hall–Kier alpha value is -3.41. The average Bonchev–Trinajstić information content (AvgIpc) is 3.37. The molecule has 0 aliphatic rings. The van der Waals surface area contributed by atoms with Gasteiger partial charge in [0.15, 0.2) is 6.10 Å². The largest absolute Gasteiger partial charge is 0.462 e. The molecule has 0 spiro atoms. The van der Waals surface area contributed by atoms with Crippen LogP contribution in [0.3, 0.4) is 0 Å². The number of hydrogen-bond donors (Lipinski definition) is 0. The van der Waals surface area contributed by atoms with Crippen molar-refractivity contribution in [2.45, 2.75) is 297 Å². The number of unbranched alkanes of at least 4 members (excludes halogenated alkanes) is 29. The molecule has 71 heavy (non-hydrogen) atoms. The second-order valence-corrected chi connectivity index (χ2v) is 19.9. The van der Waals surface area contributed by atoms with Crippen LogP contribution in [0.15, 0.2) is 85.1 Å². The first-order valence-corrected chi connectivity index (χ1v) is 30.1. The predicted molar refractivity (Wildman–Crippen MR) is 307 cm³/mol. The van der Waals surface area contributed by atoms with Crippen molar-refractivity contribution >= 4 is 17.9 Å². The molecule has 0 unspecified atom stereocenters. The smallest absolute Gasteiger partial charge is 0.306 e. The number of esters is 3. The van der Waals surface area contributed by atoms with Gasteiger partial charge in [0, 0.05) is 19.3 Å². The van der Waals surface area contributed by atoms with Crippen LogP contribution >= 0.6 is 0 Å². The van der Waals surface area contributed by atoms with Gasteiger partial charge < -0.3 is 14.2 Å². The normalized spacial score (nSPS) is 12.7. The van der Waals surface area contributed by atoms with Crippen molar-refractivity contribution in [3.05, 3.63) is 85.1 Å². The van der Waals surface area contributed by atoms with Crippen molar-refractivity contribution in [1.29, 1.82) is 0 Å². The van der Waals surface area contributed by atoms with Crippen molar-refractivity contribution in [3.8, 4) is 0 Å². The molecule has 0 aromatic carbocycles. The second kappa shape index (κ2) is 59.2. The lowest BCUT2D eigenvalue weighted by molar-refractivity contribution is -0.167. The van der Waals surface area contributed by atoms with E-state index in [1.54, 1.807) is 0 Å². The molecule has 0 aromatic rings. The molecule has 0 saturated carbocycles. The Morgan fingerprint density at radius 3 is 0.901 bits per heavy atom. The van der Waals surface area contributed by atoms with Crippen molar-refractivity contribution in [2.24, 2.45) is 0 Å². The fourth-order valence-corrected chi connectivity index (χ4v) is 8.38. The van der Waals surface area contributed by atoms with Gasteiger partial charge in [-0.15, -0.1) is 0 Å². The maximum absolute atomic E-state index is 12.9. The zero-order valence-corrected chi connectivity index (χ0v) is 46.7. The van der Waals surface area contributed by atoms with E-state index >= 15 is 0 Å². The molecular weight excluding hydrogens is 877 g/mol. The summed E-state index contributed by atoms with van der Waals surface area (Å²) in [6, 6.07) is 0. The van der Waals surface area contributed by atoms with Gasteiger partial charge in [0.2, 0.25) is 0 Å². The summed E-state index contributed by atoms with van der Waals surface area (Å²) in [4.78, 5) is 38.2. The highest BCUT2D eigenvalue weighted by atomic mass is 16.6. The number of hydrogen-bond acceptors (Lipinski definition) is 6. The van der Waals surface area contributed by atoms with Gasteiger partial charge in [-0.25, -0.2) is 0 Å². The van der Waals surface area contributed by atoms with Gasteiger partial charge in [-0.2, -0.15) is 0 Å². The van der Waals surface area contributed by atoms with Gasteiger partial charge in [-0.1, -0.05) is 260 Å². The Morgan fingerprint density at radius 1 is 0.296 bits per heavy atom. The first-order chi connectivity index (χ1) is 35.0. The number of allylic oxidation sites excluding steroid dienone is 14. The molecule has 0 aliphatic carbocycles. The molecule has 0 heterocycles. The highest BCUT2D eigenvalue weighted by Crippen LogP contribution is 2.16. The Labute approximate surface area is 439 Å². The molecule has 6 nitrogen and oxygen atoms in total. The molecule has 0 saturated heterocycles. The summed E-state index contributed by atoms with van der Waals surface area (Å²) in [6.07, 6.45) is 77.1. The van der Waals surface area contributed by atoms with E-state index in [0.29, 0.717) is 19.3 Å². The van der Waals surface area contributed by atoms with Gasteiger partial charge in [0.1, 0.15) is 13.2 Å². The molecule has 0 aliphatic heterocycles. The van der Waals surface area contributed by atoms with Crippen molar-refractivity contribution in [3.63, 3.8) is 0 Å². The molecule has 0 bridgehead atoms. The SMILES string of the molecule is CC/C=C\C/C=C\C/C=C\C/C=C\C/C=C\CCCCCC(=O)OC[C@H](COC(=O)CCCCCCCCC/C=C\C/C=C\CCCCC)OC(=O)CCCCCCCCCCCCCCCCCCC. The van der Waals surface area contributed by atoms with Crippen molar-refractivity contribution in [2.75, 3.05) is 13.2 Å². The fourth-order valence-electron chi connectivity index (χ4n) is 8.38. The van der Waals surface area contributed by atoms with Gasteiger partial charge >= 0.3 is 17.9 Å². The van der Waals surface area contributed by atoms with Crippen molar-refractivity contribution < 1.29 is 28.6 Å². The van der Waals surface area contributed by atoms with E-state index in [2.05, 4.69) is 106 Å². The Balaban J connectivity index is 4.44. The second-order valence-electron chi connectivity index (χ2n) is 19.9. The van der Waals surface area contributed by atoms with Crippen LogP contribution in [0.25, 0.3) is 0 Å². The summed E-state index contributed by atoms with van der Waals surface area (Å²) in [6.45, 7) is 6.49. The lowest BCUT2D eigenvalue weighted by atomic mass is 10.0. The standard InChI is InChI=1S/C65H112O6/c1-4-7-10-13-16-19-22-25-28-31-32-35-37-40-43-46-49-52-55-58-64(67)70-61-62(71-65(68)59-56-53-50-47-44-41-38-34-30-27-24-21-18-15-12-9-6-3)60-69-63(66)57-54-51-48-45-42-39-36-33-29-26-23-20-17-14-11-8-5-2/h7,10,16-17,19-20,25-26,28-29,32,35,40,43,62H,4-6,8-9,11-15,18,21-24,27,30-31,33-34,36-39,41-42,44-61H2,1-3H3/b10-7-,19-16-,20-17-,28-25-,29-26-,35-32-,43-40-/t62-/m0/s1. The van der Waals surface area contributed by atoms with Crippen LogP contribution in [-0.2, 0) is 28.6 Å². The van der Waals surface area contributed by atoms with Gasteiger partial charge in [0.05, 0.1) is 0 Å². The van der Waals surface area contributed by atoms with Crippen molar-refractivity contribution in [1.82, 2.24) is 0 Å². The zero-order chi connectivity index (χ0) is 51.4. The van der Waals surface area contributed by atoms with E-state index in [1.807, 2.05) is 0 Å². The van der Waals surface area contributed by atoms with Crippen LogP contribution in [0.1, 0.15) is 290 Å². The number of ether oxygens (including phenoxy) is 3. The summed E-state index contributed by atoms with van der Waals surface area (Å²) in [5.41, 5.74) is 0. The Kier molecular flexibility index (Phi) is 56.3. The van der Waals surface area contributed by atoms with E-state index < -0.39 is 6.10 Å². The highest BCUT2D eigenvalue weighted by Gasteiger charge is 2.19. The van der Waals surface area contributed by atoms with Gasteiger partial charge in [-0.05, 0) is 96.3 Å². The number of carbonyl (C=O) groups is 3. The topological polar surface area (TPSA) is 78.9 Å². The minimum absolute atomic E-state index is 0.0894. The third-order valence-corrected chi connectivity index (χ3v) is 12.9. The monoisotopic (exact) mass is 989 g/mol. The molecule has 0 aromatic heterocycles. The van der Waals surface area contributed by atoms with Crippen LogP contribution in [-0.4, -0.2) is 37.2 Å². The lowest BCUT2D eigenvalue weighted by Crippen LogP contribution is -2.30. The number of rotatable bonds is 54. The quantitative estimate of drug-likeness (QED) is 0.0261. The maximum Gasteiger partial charge on any atom is 0.306 e. The Bertz CT molecular complexity index is 1370. The first kappa shape index (κ1) is 67.6. The van der Waals surface area contributed by atoms with Crippen LogP contribution in [0.5, 0.6) is 0 Å². The van der Waals surface area contributed by atoms with Crippen LogP contribution in [0.4, 0.5) is 0 Å². The molecule has 408 valence electrons. The molecule has 6 heteroatoms. The molecular formula is C65H112O6. The van der Waals surface area contributed by atoms with Crippen LogP contribution in [0, 0.1) is 0 Å². The summed E-state index contributed by atoms with van der Waals surface area (Å²) in [5.74, 6) is -0.919. The molecule has 0 radical (unpaired) electrons. The predicted octanol–water partition coefficient (Wildman–Crippen LogP) is 20.3. The summed E-state index contributed by atoms with van der Waals surface area (Å²) in [7, 11) is 0. The van der Waals surface area contributed by atoms with Crippen LogP contribution in [0.2, 0.25) is 0 Å². The van der Waals surface area contributed by atoms with Gasteiger partial charge in [0.25, 0.3) is 0 Å². The molecule has 0 fully saturated rings. The zero-order valence-electron chi connectivity index (χ0n) is 46.7. The molecule has 0 N–H and O–H groups in total. The van der Waals surface area contributed by atoms with E-state index in [9.17, 15) is 14.4 Å². The minimum Gasteiger partial charge on any atom is -0.462 e. The Morgan fingerprint density at radius 2 is 0.549 bits per heavy atom. The fraction of sp³-hybridized carbons (Fsp3) is 0.738. The average molecular weight is 990 g/mol. The molecule has 0 rings (SSSR count). The maximum atomic E-state index is 12.9. The van der Waals surface area contributed by atoms with Crippen LogP contribution < -0.4 is 0 Å². The third kappa shape index (κ3) is 57.4. The highest BCUT2D eigenvalue weighted by molar-refractivity contribution is 5.71. The van der Waals surface area contributed by atoms with E-state index in [-0.39, 0.29) is 31.1 Å². The summed E-state index contributed by atoms with van der Waals surface area (Å²) < 4.78 is 16.9. The minimum atomic E-state index is -0.793. The van der Waals surface area contributed by atoms with E-state index in [4.69, 9.17) is 14.2 Å². The molecule has 1 atom stereocenters. The van der Waals surface area contributed by atoms with E-state index in [0.717, 1.165) is 109 Å². The molecule has 0 amide bonds. The van der Waals surface area contributed by atoms with E-state index in [1.165, 1.54) is 141 Å². The summed E-state index contributed by atoms with van der Waals surface area (Å²) in [5, 5.41) is 0. The lowest BCUT2D eigenvalue weighted by Gasteiger charge is -2.18. The van der Waals surface area contributed by atoms with Gasteiger partial charge in [-0.3, -0.25) is 14.4 Å². The first-order valence-electron chi connectivity index (χ1n) is 30.1. The summed E-state index contributed by atoms with van der Waals surface area (Å²) >= 11 is 0. The third-order valence-electron chi connectivity index (χ3n) is 12.9.